The van der Waals surface area contributed by atoms with Gasteiger partial charge in [0.1, 0.15) is 11.6 Å². The number of aryl methyl sites for hydroxylation is 2. The summed E-state index contributed by atoms with van der Waals surface area (Å²) in [5, 5.41) is 14.9. The summed E-state index contributed by atoms with van der Waals surface area (Å²) in [5.74, 6) is -0.348. The van der Waals surface area contributed by atoms with Crippen LogP contribution in [0.4, 0.5) is 5.69 Å². The summed E-state index contributed by atoms with van der Waals surface area (Å²) >= 11 is 0. The van der Waals surface area contributed by atoms with E-state index in [2.05, 4.69) is 10.6 Å². The average Bonchev–Trinajstić information content (AvgIpc) is 2.42. The van der Waals surface area contributed by atoms with Crippen molar-refractivity contribution in [2.24, 2.45) is 0 Å². The monoisotopic (exact) mass is 271 g/mol. The quantitative estimate of drug-likeness (QED) is 0.639. The fourth-order valence-corrected chi connectivity index (χ4v) is 1.59. The molecule has 20 heavy (non-hydrogen) atoms. The normalized spacial score (nSPS) is 12.4. The number of anilines is 1. The highest BCUT2D eigenvalue weighted by molar-refractivity contribution is 5.97. The Bertz CT molecular complexity index is 555. The van der Waals surface area contributed by atoms with E-state index in [0.29, 0.717) is 0 Å². The van der Waals surface area contributed by atoms with E-state index >= 15 is 0 Å². The van der Waals surface area contributed by atoms with Gasteiger partial charge in [-0.1, -0.05) is 19.1 Å². The zero-order valence-corrected chi connectivity index (χ0v) is 12.4. The molecule has 0 aromatic heterocycles. The predicted octanol–water partition coefficient (Wildman–Crippen LogP) is 3.04. The fraction of sp³-hybridized carbons (Fsp3) is 0.375. The van der Waals surface area contributed by atoms with Crippen molar-refractivity contribution in [1.82, 2.24) is 5.32 Å². The second kappa shape index (κ2) is 7.34. The molecule has 1 aromatic carbocycles. The lowest BCUT2D eigenvalue weighted by molar-refractivity contribution is -0.117. The zero-order valence-electron chi connectivity index (χ0n) is 12.4. The maximum Gasteiger partial charge on any atom is 0.263 e. The average molecular weight is 271 g/mol. The molecular formula is C16H21N3O. The first kappa shape index (κ1) is 15.8. The minimum absolute atomic E-state index is 0.0555. The Balaban J connectivity index is 2.83. The Morgan fingerprint density at radius 3 is 2.75 bits per heavy atom. The van der Waals surface area contributed by atoms with Crippen LogP contribution in [0, 0.1) is 25.2 Å². The van der Waals surface area contributed by atoms with Gasteiger partial charge in [-0.3, -0.25) is 4.79 Å². The van der Waals surface area contributed by atoms with E-state index in [-0.39, 0.29) is 17.5 Å². The van der Waals surface area contributed by atoms with Crippen LogP contribution in [0.5, 0.6) is 0 Å². The highest BCUT2D eigenvalue weighted by atomic mass is 16.1. The van der Waals surface area contributed by atoms with Gasteiger partial charge in [0, 0.05) is 17.9 Å². The Morgan fingerprint density at radius 1 is 1.45 bits per heavy atom. The maximum absolute atomic E-state index is 11.9. The molecule has 1 atom stereocenters. The first-order chi connectivity index (χ1) is 9.47. The summed E-state index contributed by atoms with van der Waals surface area (Å²) in [5.41, 5.74) is 3.15. The molecule has 0 saturated carbocycles. The van der Waals surface area contributed by atoms with Crippen molar-refractivity contribution in [2.75, 3.05) is 5.32 Å². The van der Waals surface area contributed by atoms with Crippen molar-refractivity contribution >= 4 is 11.6 Å². The molecule has 1 amide bonds. The first-order valence-electron chi connectivity index (χ1n) is 6.72. The molecule has 0 bridgehead atoms. The number of carbonyl (C=O) groups is 1. The minimum atomic E-state index is -0.348. The molecule has 0 aliphatic heterocycles. The molecule has 2 N–H and O–H groups in total. The molecule has 1 aromatic rings. The highest BCUT2D eigenvalue weighted by Crippen LogP contribution is 2.16. The van der Waals surface area contributed by atoms with Crippen molar-refractivity contribution in [3.05, 3.63) is 41.1 Å². The smallest absolute Gasteiger partial charge is 0.263 e. The molecule has 4 nitrogen and oxygen atoms in total. The number of amides is 1. The summed E-state index contributed by atoms with van der Waals surface area (Å²) in [6.45, 7) is 7.86. The van der Waals surface area contributed by atoms with Gasteiger partial charge in [-0.15, -0.1) is 0 Å². The van der Waals surface area contributed by atoms with Crippen LogP contribution in [0.15, 0.2) is 30.0 Å². The van der Waals surface area contributed by atoms with Crippen LogP contribution >= 0.6 is 0 Å². The number of nitrogens with one attached hydrogen (secondary N) is 2. The van der Waals surface area contributed by atoms with Crippen molar-refractivity contribution in [1.29, 1.82) is 5.26 Å². The van der Waals surface area contributed by atoms with Gasteiger partial charge < -0.3 is 10.6 Å². The van der Waals surface area contributed by atoms with E-state index < -0.39 is 0 Å². The first-order valence-corrected chi connectivity index (χ1v) is 6.72. The third kappa shape index (κ3) is 4.43. The number of nitrogens with zero attached hydrogens (tertiary/aromatic N) is 1. The van der Waals surface area contributed by atoms with Crippen molar-refractivity contribution in [2.45, 2.75) is 40.2 Å². The number of hydrogen-bond acceptors (Lipinski definition) is 3. The van der Waals surface area contributed by atoms with Crippen LogP contribution in [0.25, 0.3) is 0 Å². The zero-order chi connectivity index (χ0) is 15.1. The lowest BCUT2D eigenvalue weighted by atomic mass is 10.1. The summed E-state index contributed by atoms with van der Waals surface area (Å²) in [6, 6.07) is 7.97. The maximum atomic E-state index is 11.9. The molecule has 0 radical (unpaired) electrons. The third-order valence-electron chi connectivity index (χ3n) is 3.12. The number of rotatable bonds is 5. The highest BCUT2D eigenvalue weighted by Gasteiger charge is 2.11. The molecule has 106 valence electrons. The summed E-state index contributed by atoms with van der Waals surface area (Å²) in [6.07, 6.45) is 2.29. The van der Waals surface area contributed by atoms with Crippen LogP contribution in [0.1, 0.15) is 31.4 Å². The summed E-state index contributed by atoms with van der Waals surface area (Å²) in [4.78, 5) is 11.9. The van der Waals surface area contributed by atoms with E-state index in [1.807, 2.05) is 52.0 Å². The molecule has 4 heteroatoms. The summed E-state index contributed by atoms with van der Waals surface area (Å²) in [7, 11) is 0. The second-order valence-electron chi connectivity index (χ2n) is 4.92. The molecule has 0 fully saturated rings. The van der Waals surface area contributed by atoms with Gasteiger partial charge in [-0.2, -0.15) is 5.26 Å². The lowest BCUT2D eigenvalue weighted by Crippen LogP contribution is -2.33. The van der Waals surface area contributed by atoms with E-state index in [1.165, 1.54) is 6.20 Å². The molecule has 0 saturated heterocycles. The van der Waals surface area contributed by atoms with Gasteiger partial charge in [0.25, 0.3) is 5.91 Å². The van der Waals surface area contributed by atoms with Gasteiger partial charge in [0.15, 0.2) is 0 Å². The molecular weight excluding hydrogens is 250 g/mol. The van der Waals surface area contributed by atoms with E-state index in [1.54, 1.807) is 0 Å². The van der Waals surface area contributed by atoms with E-state index in [0.717, 1.165) is 23.2 Å². The summed E-state index contributed by atoms with van der Waals surface area (Å²) < 4.78 is 0. The second-order valence-corrected chi connectivity index (χ2v) is 4.92. The van der Waals surface area contributed by atoms with E-state index in [9.17, 15) is 4.79 Å². The molecule has 0 spiro atoms. The number of carbonyl (C=O) groups excluding carboxylic acids is 1. The van der Waals surface area contributed by atoms with Gasteiger partial charge in [-0.25, -0.2) is 0 Å². The van der Waals surface area contributed by atoms with Gasteiger partial charge in [0.05, 0.1) is 0 Å². The molecule has 0 heterocycles. The van der Waals surface area contributed by atoms with E-state index in [4.69, 9.17) is 5.26 Å². The largest absolute Gasteiger partial charge is 0.360 e. The predicted molar refractivity (Wildman–Crippen MR) is 81.1 cm³/mol. The van der Waals surface area contributed by atoms with Crippen LogP contribution < -0.4 is 10.6 Å². The third-order valence-corrected chi connectivity index (χ3v) is 3.12. The Hall–Kier alpha value is -2.28. The van der Waals surface area contributed by atoms with Crippen LogP contribution in [-0.4, -0.2) is 11.9 Å². The molecule has 1 unspecified atom stereocenters. The topological polar surface area (TPSA) is 64.9 Å². The minimum Gasteiger partial charge on any atom is -0.360 e. The van der Waals surface area contributed by atoms with Gasteiger partial charge in [0.2, 0.25) is 0 Å². The van der Waals surface area contributed by atoms with Crippen molar-refractivity contribution in [3.63, 3.8) is 0 Å². The molecule has 0 aliphatic carbocycles. The Morgan fingerprint density at radius 2 is 2.15 bits per heavy atom. The van der Waals surface area contributed by atoms with Gasteiger partial charge >= 0.3 is 0 Å². The van der Waals surface area contributed by atoms with Crippen LogP contribution in [0.2, 0.25) is 0 Å². The van der Waals surface area contributed by atoms with Crippen molar-refractivity contribution in [3.8, 4) is 6.07 Å². The standard InChI is InChI=1S/C16H21N3O/c1-5-13(4)19-16(20)14(9-17)10-18-15-8-11(2)6-7-12(15)3/h6-8,10,13,18H,5H2,1-4H3,(H,19,20)/b14-10-. The lowest BCUT2D eigenvalue weighted by Gasteiger charge is -2.11. The Kier molecular flexibility index (Phi) is 5.79. The molecule has 0 aliphatic rings. The number of nitriles is 1. The SMILES string of the molecule is CCC(C)NC(=O)/C(C#N)=C\Nc1cc(C)ccc1C. The van der Waals surface area contributed by atoms with Crippen molar-refractivity contribution < 1.29 is 4.79 Å². The number of hydrogen-bond donors (Lipinski definition) is 2. The Labute approximate surface area is 120 Å². The molecule has 1 rings (SSSR count). The van der Waals surface area contributed by atoms with Gasteiger partial charge in [-0.05, 0) is 44.4 Å². The fourth-order valence-electron chi connectivity index (χ4n) is 1.59. The van der Waals surface area contributed by atoms with Crippen LogP contribution in [0.3, 0.4) is 0 Å². The number of benzene rings is 1. The van der Waals surface area contributed by atoms with Crippen LogP contribution in [-0.2, 0) is 4.79 Å².